The highest BCUT2D eigenvalue weighted by Gasteiger charge is 2.82. The minimum absolute atomic E-state index is 0.0731. The van der Waals surface area contributed by atoms with Crippen LogP contribution in [0.1, 0.15) is 65.2 Å². The lowest BCUT2D eigenvalue weighted by molar-refractivity contribution is -0.163. The summed E-state index contributed by atoms with van der Waals surface area (Å²) >= 11 is 0. The molecule has 4 aliphatic carbocycles. The van der Waals surface area contributed by atoms with Crippen LogP contribution < -0.4 is 0 Å². The van der Waals surface area contributed by atoms with E-state index in [1.54, 1.807) is 6.08 Å². The van der Waals surface area contributed by atoms with Crippen LogP contribution in [0.5, 0.6) is 0 Å². The van der Waals surface area contributed by atoms with E-state index in [4.69, 9.17) is 14.2 Å². The van der Waals surface area contributed by atoms with Crippen molar-refractivity contribution in [1.29, 1.82) is 0 Å². The van der Waals surface area contributed by atoms with Crippen molar-refractivity contribution in [3.63, 3.8) is 0 Å². The Morgan fingerprint density at radius 2 is 1.97 bits per heavy atom. The Balaban J connectivity index is 1.56. The van der Waals surface area contributed by atoms with Crippen molar-refractivity contribution in [3.05, 3.63) is 11.6 Å². The van der Waals surface area contributed by atoms with E-state index in [0.717, 1.165) is 18.4 Å². The number of esters is 2. The van der Waals surface area contributed by atoms with Gasteiger partial charge in [0.25, 0.3) is 0 Å². The Bertz CT molecular complexity index is 910. The lowest BCUT2D eigenvalue weighted by atomic mass is 9.43. The number of aliphatic hydroxyl groups is 1. The first-order valence-corrected chi connectivity index (χ1v) is 11.8. The van der Waals surface area contributed by atoms with Gasteiger partial charge in [-0.25, -0.2) is 0 Å². The second-order valence-electron chi connectivity index (χ2n) is 11.1. The summed E-state index contributed by atoms with van der Waals surface area (Å²) in [6, 6.07) is 0. The lowest BCUT2D eigenvalue weighted by Crippen LogP contribution is -2.63. The summed E-state index contributed by atoms with van der Waals surface area (Å²) in [5.41, 5.74) is -1.23. The number of hydrogen-bond donors (Lipinski definition) is 1. The molecule has 1 unspecified atom stereocenters. The number of rotatable bonds is 4. The fraction of sp³-hybridized carbons (Fsp3) is 0.800. The highest BCUT2D eigenvalue weighted by Crippen LogP contribution is 2.77. The van der Waals surface area contributed by atoms with Gasteiger partial charge in [0.05, 0.1) is 31.8 Å². The zero-order valence-corrected chi connectivity index (χ0v) is 19.4. The number of epoxide rings is 1. The molecule has 3 saturated carbocycles. The number of ether oxygens (including phenoxy) is 3. The molecule has 0 bridgehead atoms. The van der Waals surface area contributed by atoms with Gasteiger partial charge in [0, 0.05) is 29.6 Å². The summed E-state index contributed by atoms with van der Waals surface area (Å²) in [6.07, 6.45) is 5.98. The van der Waals surface area contributed by atoms with Gasteiger partial charge in [-0.05, 0) is 50.5 Å². The fourth-order valence-electron chi connectivity index (χ4n) is 8.32. The van der Waals surface area contributed by atoms with Gasteiger partial charge < -0.3 is 19.3 Å². The zero-order valence-electron chi connectivity index (χ0n) is 19.4. The topological polar surface area (TPSA) is 102 Å². The average molecular weight is 447 g/mol. The minimum Gasteiger partial charge on any atom is -0.469 e. The first-order chi connectivity index (χ1) is 15.1. The maximum Gasteiger partial charge on any atom is 0.309 e. The van der Waals surface area contributed by atoms with Crippen LogP contribution in [0.25, 0.3) is 0 Å². The Labute approximate surface area is 188 Å². The third-order valence-electron chi connectivity index (χ3n) is 10.2. The number of ketones is 1. The normalized spacial score (nSPS) is 48.5. The molecule has 0 radical (unpaired) electrons. The van der Waals surface area contributed by atoms with E-state index in [1.165, 1.54) is 14.2 Å². The number of methoxy groups -OCH3 is 2. The smallest absolute Gasteiger partial charge is 0.309 e. The Morgan fingerprint density at radius 1 is 1.22 bits per heavy atom. The van der Waals surface area contributed by atoms with Crippen molar-refractivity contribution >= 4 is 17.7 Å². The summed E-state index contributed by atoms with van der Waals surface area (Å²) in [6.45, 7) is 4.31. The summed E-state index contributed by atoms with van der Waals surface area (Å²) in [7, 11) is 2.78. The molecule has 8 atom stereocenters. The molecule has 176 valence electrons. The maximum atomic E-state index is 13.0. The first-order valence-electron chi connectivity index (χ1n) is 11.8. The minimum atomic E-state index is -1.01. The molecule has 5 aliphatic rings. The van der Waals surface area contributed by atoms with Gasteiger partial charge >= 0.3 is 11.9 Å². The van der Waals surface area contributed by atoms with E-state index in [1.807, 2.05) is 0 Å². The predicted octanol–water partition coefficient (Wildman–Crippen LogP) is 2.73. The SMILES string of the molecule is COC(=O)CC[C@@]1(O)CC[C@H]2[C@@H]3[C@H](C(=O)OC)CC4=CC(=O)CC[C@]4(C)C34O[C@H]4C[C@@]21C. The summed E-state index contributed by atoms with van der Waals surface area (Å²) in [5.74, 6) is -0.878. The van der Waals surface area contributed by atoms with E-state index in [0.29, 0.717) is 32.1 Å². The van der Waals surface area contributed by atoms with Gasteiger partial charge in [0.1, 0.15) is 5.60 Å². The highest BCUT2D eigenvalue weighted by molar-refractivity contribution is 5.92. The average Bonchev–Trinajstić information content (AvgIpc) is 3.43. The number of carbonyl (C=O) groups is 3. The number of carbonyl (C=O) groups excluding carboxylic acids is 3. The van der Waals surface area contributed by atoms with E-state index >= 15 is 0 Å². The van der Waals surface area contributed by atoms with Crippen LogP contribution in [-0.2, 0) is 28.6 Å². The van der Waals surface area contributed by atoms with Crippen LogP contribution in [-0.4, -0.2) is 54.4 Å². The van der Waals surface area contributed by atoms with Crippen LogP contribution in [0.3, 0.4) is 0 Å². The quantitative estimate of drug-likeness (QED) is 0.523. The Morgan fingerprint density at radius 3 is 2.66 bits per heavy atom. The van der Waals surface area contributed by atoms with Gasteiger partial charge in [-0.2, -0.15) is 0 Å². The van der Waals surface area contributed by atoms with Gasteiger partial charge in [-0.15, -0.1) is 0 Å². The molecule has 1 spiro atoms. The molecule has 32 heavy (non-hydrogen) atoms. The van der Waals surface area contributed by atoms with Crippen molar-refractivity contribution < 1.29 is 33.7 Å². The monoisotopic (exact) mass is 446 g/mol. The Hall–Kier alpha value is -1.73. The molecule has 1 heterocycles. The van der Waals surface area contributed by atoms with E-state index in [-0.39, 0.29) is 47.5 Å². The third kappa shape index (κ3) is 2.58. The zero-order chi connectivity index (χ0) is 23.1. The molecule has 0 aromatic heterocycles. The lowest BCUT2D eigenvalue weighted by Gasteiger charge is -2.58. The highest BCUT2D eigenvalue weighted by atomic mass is 16.6. The van der Waals surface area contributed by atoms with Crippen molar-refractivity contribution in [1.82, 2.24) is 0 Å². The van der Waals surface area contributed by atoms with E-state index in [9.17, 15) is 19.5 Å². The van der Waals surface area contributed by atoms with Gasteiger partial charge in [0.15, 0.2) is 5.78 Å². The van der Waals surface area contributed by atoms with Crippen LogP contribution >= 0.6 is 0 Å². The fourth-order valence-corrected chi connectivity index (χ4v) is 8.32. The molecular weight excluding hydrogens is 412 g/mol. The number of fused-ring (bicyclic) bond motifs is 3. The van der Waals surface area contributed by atoms with Crippen molar-refractivity contribution in [2.45, 2.75) is 82.5 Å². The molecular formula is C25H34O7. The van der Waals surface area contributed by atoms with Crippen molar-refractivity contribution in [2.24, 2.45) is 28.6 Å². The molecule has 0 amide bonds. The van der Waals surface area contributed by atoms with Crippen LogP contribution in [0.2, 0.25) is 0 Å². The van der Waals surface area contributed by atoms with Crippen LogP contribution in [0.15, 0.2) is 11.6 Å². The maximum absolute atomic E-state index is 13.0. The van der Waals surface area contributed by atoms with Crippen LogP contribution in [0.4, 0.5) is 0 Å². The molecule has 1 saturated heterocycles. The molecule has 5 rings (SSSR count). The van der Waals surface area contributed by atoms with E-state index in [2.05, 4.69) is 13.8 Å². The summed E-state index contributed by atoms with van der Waals surface area (Å²) in [5, 5.41) is 11.8. The molecule has 0 aromatic rings. The Kier molecular flexibility index (Phi) is 4.75. The summed E-state index contributed by atoms with van der Waals surface area (Å²) in [4.78, 5) is 37.1. The van der Waals surface area contributed by atoms with Crippen molar-refractivity contribution in [3.8, 4) is 0 Å². The molecule has 7 heteroatoms. The first kappa shape index (κ1) is 22.1. The molecule has 0 aromatic carbocycles. The molecule has 4 fully saturated rings. The van der Waals surface area contributed by atoms with Crippen molar-refractivity contribution in [2.75, 3.05) is 14.2 Å². The summed E-state index contributed by atoms with van der Waals surface area (Å²) < 4.78 is 16.6. The predicted molar refractivity (Wildman–Crippen MR) is 113 cm³/mol. The molecule has 1 aliphatic heterocycles. The van der Waals surface area contributed by atoms with E-state index < -0.39 is 22.5 Å². The molecule has 7 nitrogen and oxygen atoms in total. The number of hydrogen-bond acceptors (Lipinski definition) is 7. The second-order valence-corrected chi connectivity index (χ2v) is 11.1. The van der Waals surface area contributed by atoms with Gasteiger partial charge in [-0.1, -0.05) is 19.4 Å². The van der Waals surface area contributed by atoms with Crippen LogP contribution in [0, 0.1) is 28.6 Å². The third-order valence-corrected chi connectivity index (χ3v) is 10.2. The van der Waals surface area contributed by atoms with Gasteiger partial charge in [0.2, 0.25) is 0 Å². The van der Waals surface area contributed by atoms with Gasteiger partial charge in [-0.3, -0.25) is 14.4 Å². The largest absolute Gasteiger partial charge is 0.469 e. The molecule has 1 N–H and O–H groups in total. The second kappa shape index (κ2) is 6.89. The standard InChI is InChI=1S/C25H34O7/c1-22-8-5-15(26)11-14(22)12-16(21(28)31-4)20-17-6-9-24(29,10-7-19(27)30-3)23(17,2)13-18-25(20,22)32-18/h11,16-18,20,29H,5-10,12-13H2,1-4H3/t16-,17+,18+,20+,22+,23+,24+,25?/m1/s1.